The molecule has 3 N–H and O–H groups in total. The van der Waals surface area contributed by atoms with Crippen molar-refractivity contribution in [2.75, 3.05) is 6.54 Å². The number of carbonyl (C=O) groups is 1. The van der Waals surface area contributed by atoms with Crippen molar-refractivity contribution in [1.82, 2.24) is 15.8 Å². The summed E-state index contributed by atoms with van der Waals surface area (Å²) in [6.07, 6.45) is -0.972. The molecule has 7 heteroatoms. The zero-order valence-electron chi connectivity index (χ0n) is 11.5. The van der Waals surface area contributed by atoms with E-state index in [-0.39, 0.29) is 13.1 Å². The summed E-state index contributed by atoms with van der Waals surface area (Å²) < 4.78 is 17.9. The van der Waals surface area contributed by atoms with Gasteiger partial charge in [-0.1, -0.05) is 17.3 Å². The summed E-state index contributed by atoms with van der Waals surface area (Å²) >= 11 is 0. The summed E-state index contributed by atoms with van der Waals surface area (Å²) in [4.78, 5) is 11.6. The molecular formula is C14H16FN3O3. The molecule has 0 bridgehead atoms. The molecule has 112 valence electrons. The average molecular weight is 293 g/mol. The van der Waals surface area contributed by atoms with Crippen LogP contribution in [0.2, 0.25) is 0 Å². The number of nitrogens with zero attached hydrogens (tertiary/aromatic N) is 1. The second-order valence-electron chi connectivity index (χ2n) is 4.56. The van der Waals surface area contributed by atoms with Crippen LogP contribution in [0.15, 0.2) is 34.9 Å². The number of carbonyl (C=O) groups excluding carboxylic acids is 1. The molecule has 2 rings (SSSR count). The first-order valence-corrected chi connectivity index (χ1v) is 6.42. The van der Waals surface area contributed by atoms with E-state index in [9.17, 15) is 14.3 Å². The van der Waals surface area contributed by atoms with Crippen LogP contribution in [0.5, 0.6) is 0 Å². The van der Waals surface area contributed by atoms with E-state index in [0.29, 0.717) is 17.0 Å². The van der Waals surface area contributed by atoms with Crippen LogP contribution in [-0.4, -0.2) is 22.8 Å². The van der Waals surface area contributed by atoms with Crippen LogP contribution in [0.4, 0.5) is 9.18 Å². The number of hydrogen-bond acceptors (Lipinski definition) is 4. The van der Waals surface area contributed by atoms with Gasteiger partial charge in [-0.2, -0.15) is 0 Å². The van der Waals surface area contributed by atoms with Gasteiger partial charge in [-0.05, 0) is 24.6 Å². The largest absolute Gasteiger partial charge is 0.387 e. The lowest BCUT2D eigenvalue weighted by atomic mass is 10.1. The third-order valence-corrected chi connectivity index (χ3v) is 2.80. The quantitative estimate of drug-likeness (QED) is 0.782. The monoisotopic (exact) mass is 293 g/mol. The molecule has 0 spiro atoms. The number of urea groups is 1. The minimum absolute atomic E-state index is 0.0207. The highest BCUT2D eigenvalue weighted by Crippen LogP contribution is 2.12. The third-order valence-electron chi connectivity index (χ3n) is 2.80. The Labute approximate surface area is 120 Å². The lowest BCUT2D eigenvalue weighted by Gasteiger charge is -2.12. The maximum Gasteiger partial charge on any atom is 0.315 e. The van der Waals surface area contributed by atoms with E-state index < -0.39 is 18.0 Å². The molecule has 2 amide bonds. The van der Waals surface area contributed by atoms with E-state index in [1.165, 1.54) is 18.2 Å². The fourth-order valence-corrected chi connectivity index (χ4v) is 1.76. The molecule has 0 unspecified atom stereocenters. The van der Waals surface area contributed by atoms with Gasteiger partial charge in [0.05, 0.1) is 12.6 Å². The number of rotatable bonds is 5. The van der Waals surface area contributed by atoms with Crippen LogP contribution in [-0.2, 0) is 6.54 Å². The SMILES string of the molecule is Cc1cc(CNC(=O)NC[C@@H](O)c2cccc(F)c2)no1. The Morgan fingerprint density at radius 3 is 2.90 bits per heavy atom. The van der Waals surface area contributed by atoms with E-state index in [0.717, 1.165) is 0 Å². The van der Waals surface area contributed by atoms with Crippen molar-refractivity contribution in [2.45, 2.75) is 19.6 Å². The topological polar surface area (TPSA) is 87.4 Å². The van der Waals surface area contributed by atoms with Gasteiger partial charge in [0.1, 0.15) is 17.3 Å². The van der Waals surface area contributed by atoms with Crippen LogP contribution in [0.3, 0.4) is 0 Å². The summed E-state index contributed by atoms with van der Waals surface area (Å²) in [5, 5.41) is 18.6. The molecule has 21 heavy (non-hydrogen) atoms. The molecule has 0 fully saturated rings. The summed E-state index contributed by atoms with van der Waals surface area (Å²) in [6, 6.07) is 6.86. The fourth-order valence-electron chi connectivity index (χ4n) is 1.76. The highest BCUT2D eigenvalue weighted by atomic mass is 19.1. The first-order chi connectivity index (χ1) is 10.0. The van der Waals surface area contributed by atoms with Gasteiger partial charge in [0, 0.05) is 12.6 Å². The second kappa shape index (κ2) is 6.85. The van der Waals surface area contributed by atoms with Crippen LogP contribution < -0.4 is 10.6 Å². The van der Waals surface area contributed by atoms with Gasteiger partial charge in [-0.3, -0.25) is 0 Å². The van der Waals surface area contributed by atoms with Gasteiger partial charge < -0.3 is 20.3 Å². The van der Waals surface area contributed by atoms with Gasteiger partial charge >= 0.3 is 6.03 Å². The molecule has 1 heterocycles. The molecule has 1 atom stereocenters. The Morgan fingerprint density at radius 2 is 2.24 bits per heavy atom. The van der Waals surface area contributed by atoms with Gasteiger partial charge in [0.15, 0.2) is 0 Å². The molecule has 0 saturated carbocycles. The van der Waals surface area contributed by atoms with Crippen molar-refractivity contribution in [2.24, 2.45) is 0 Å². The number of aliphatic hydroxyl groups is 1. The molecule has 1 aromatic heterocycles. The summed E-state index contributed by atoms with van der Waals surface area (Å²) in [7, 11) is 0. The number of halogens is 1. The standard InChI is InChI=1S/C14H16FN3O3/c1-9-5-12(18-21-9)7-16-14(20)17-8-13(19)10-3-2-4-11(15)6-10/h2-6,13,19H,7-8H2,1H3,(H2,16,17,20)/t13-/m1/s1. The second-order valence-corrected chi connectivity index (χ2v) is 4.56. The Kier molecular flexibility index (Phi) is 4.89. The number of aliphatic hydroxyl groups excluding tert-OH is 1. The van der Waals surface area contributed by atoms with Crippen molar-refractivity contribution in [3.05, 3.63) is 53.2 Å². The van der Waals surface area contributed by atoms with Crippen molar-refractivity contribution in [3.8, 4) is 0 Å². The first-order valence-electron chi connectivity index (χ1n) is 6.42. The van der Waals surface area contributed by atoms with Crippen molar-refractivity contribution >= 4 is 6.03 Å². The zero-order chi connectivity index (χ0) is 15.2. The molecule has 0 aliphatic rings. The lowest BCUT2D eigenvalue weighted by Crippen LogP contribution is -2.37. The van der Waals surface area contributed by atoms with Crippen LogP contribution in [0, 0.1) is 12.7 Å². The maximum absolute atomic E-state index is 13.0. The Bertz CT molecular complexity index is 615. The number of hydrogen-bond donors (Lipinski definition) is 3. The number of nitrogens with one attached hydrogen (secondary N) is 2. The Hall–Kier alpha value is -2.41. The predicted molar refractivity (Wildman–Crippen MR) is 72.8 cm³/mol. The minimum Gasteiger partial charge on any atom is -0.387 e. The molecule has 0 aliphatic carbocycles. The molecule has 6 nitrogen and oxygen atoms in total. The van der Waals surface area contributed by atoms with Crippen LogP contribution >= 0.6 is 0 Å². The Balaban J connectivity index is 1.75. The highest BCUT2D eigenvalue weighted by molar-refractivity contribution is 5.73. The van der Waals surface area contributed by atoms with Crippen LogP contribution in [0.1, 0.15) is 23.1 Å². The number of aromatic nitrogens is 1. The third kappa shape index (κ3) is 4.57. The van der Waals surface area contributed by atoms with E-state index in [2.05, 4.69) is 15.8 Å². The van der Waals surface area contributed by atoms with Gasteiger partial charge in [0.25, 0.3) is 0 Å². The summed E-state index contributed by atoms with van der Waals surface area (Å²) in [5.74, 6) is 0.228. The predicted octanol–water partition coefficient (Wildman–Crippen LogP) is 1.65. The minimum atomic E-state index is -0.972. The fraction of sp³-hybridized carbons (Fsp3) is 0.286. The first kappa shape index (κ1) is 15.0. The summed E-state index contributed by atoms with van der Waals surface area (Å²) in [5.41, 5.74) is 1.01. The number of benzene rings is 1. The lowest BCUT2D eigenvalue weighted by molar-refractivity contribution is 0.172. The maximum atomic E-state index is 13.0. The van der Waals surface area contributed by atoms with E-state index in [4.69, 9.17) is 4.52 Å². The van der Waals surface area contributed by atoms with Crippen LogP contribution in [0.25, 0.3) is 0 Å². The molecule has 0 aliphatic heterocycles. The zero-order valence-corrected chi connectivity index (χ0v) is 11.5. The molecule has 1 aromatic carbocycles. The molecule has 2 aromatic rings. The van der Waals surface area contributed by atoms with E-state index in [1.807, 2.05) is 0 Å². The highest BCUT2D eigenvalue weighted by Gasteiger charge is 2.10. The van der Waals surface area contributed by atoms with E-state index in [1.54, 1.807) is 19.1 Å². The number of amides is 2. The normalized spacial score (nSPS) is 12.0. The van der Waals surface area contributed by atoms with Crippen molar-refractivity contribution in [1.29, 1.82) is 0 Å². The Morgan fingerprint density at radius 1 is 1.43 bits per heavy atom. The molecule has 0 radical (unpaired) electrons. The van der Waals surface area contributed by atoms with Gasteiger partial charge in [-0.15, -0.1) is 0 Å². The van der Waals surface area contributed by atoms with Crippen molar-refractivity contribution < 1.29 is 18.8 Å². The van der Waals surface area contributed by atoms with Gasteiger partial charge in [0.2, 0.25) is 0 Å². The van der Waals surface area contributed by atoms with Crippen molar-refractivity contribution in [3.63, 3.8) is 0 Å². The molecule has 0 saturated heterocycles. The number of aryl methyl sites for hydroxylation is 1. The average Bonchev–Trinajstić information content (AvgIpc) is 2.88. The smallest absolute Gasteiger partial charge is 0.315 e. The molecular weight excluding hydrogens is 277 g/mol. The van der Waals surface area contributed by atoms with Gasteiger partial charge in [-0.25, -0.2) is 9.18 Å². The summed E-state index contributed by atoms with van der Waals surface area (Å²) in [6.45, 7) is 1.96. The van der Waals surface area contributed by atoms with E-state index >= 15 is 0 Å².